The molecule has 4 N–H and O–H groups in total. The maximum Gasteiger partial charge on any atom is 0.276 e. The molecule has 0 aliphatic heterocycles. The van der Waals surface area contributed by atoms with E-state index in [1.165, 1.54) is 7.05 Å². The summed E-state index contributed by atoms with van der Waals surface area (Å²) in [6, 6.07) is 7.32. The average molecular weight is 253 g/mol. The van der Waals surface area contributed by atoms with Crippen molar-refractivity contribution in [3.63, 3.8) is 0 Å². The predicted octanol–water partition coefficient (Wildman–Crippen LogP) is -0.449. The first-order valence-electron chi connectivity index (χ1n) is 5.04. The van der Waals surface area contributed by atoms with Crippen LogP contribution in [0.5, 0.6) is 0 Å². The molecular formula is C11H15N3O2S. The lowest BCUT2D eigenvalue weighted by Gasteiger charge is -2.06. The van der Waals surface area contributed by atoms with Crippen LogP contribution in [0.2, 0.25) is 0 Å². The monoisotopic (exact) mass is 253 g/mol. The van der Waals surface area contributed by atoms with Crippen LogP contribution in [0.4, 0.5) is 0 Å². The normalized spacial score (nSPS) is 10.7. The Kier molecular flexibility index (Phi) is 5.12. The molecular weight excluding hydrogens is 238 g/mol. The minimum Gasteiger partial charge on any atom is -0.320 e. The molecule has 1 aromatic rings. The number of nitrogens with two attached hydrogens (primary N) is 1. The highest BCUT2D eigenvalue weighted by Gasteiger charge is 2.06. The number of hydrogen-bond donors (Lipinski definition) is 3. The molecule has 0 unspecified atom stereocenters. The summed E-state index contributed by atoms with van der Waals surface area (Å²) in [5.41, 5.74) is 6.88. The fourth-order valence-corrected chi connectivity index (χ4v) is 1.68. The third kappa shape index (κ3) is 4.54. The highest BCUT2D eigenvalue weighted by molar-refractivity contribution is 7.87. The fraction of sp³-hybridized carbons (Fsp3) is 0.273. The molecule has 0 spiro atoms. The van der Waals surface area contributed by atoms with E-state index in [1.54, 1.807) is 0 Å². The molecule has 0 radical (unpaired) electrons. The van der Waals surface area contributed by atoms with Crippen molar-refractivity contribution in [1.29, 1.82) is 0 Å². The van der Waals surface area contributed by atoms with Crippen LogP contribution >= 0.6 is 0 Å². The highest BCUT2D eigenvalue weighted by Crippen LogP contribution is 2.07. The van der Waals surface area contributed by atoms with E-state index in [-0.39, 0.29) is 13.1 Å². The average Bonchev–Trinajstić information content (AvgIpc) is 2.35. The maximum atomic E-state index is 11.2. The molecule has 0 saturated heterocycles. The van der Waals surface area contributed by atoms with Crippen LogP contribution < -0.4 is 15.2 Å². The largest absolute Gasteiger partial charge is 0.320 e. The molecule has 6 heteroatoms. The van der Waals surface area contributed by atoms with Gasteiger partial charge in [-0.05, 0) is 11.6 Å². The van der Waals surface area contributed by atoms with E-state index in [9.17, 15) is 8.42 Å². The Morgan fingerprint density at radius 3 is 2.71 bits per heavy atom. The van der Waals surface area contributed by atoms with Gasteiger partial charge >= 0.3 is 0 Å². The molecule has 0 saturated carbocycles. The van der Waals surface area contributed by atoms with Crippen molar-refractivity contribution < 1.29 is 8.42 Å². The van der Waals surface area contributed by atoms with Gasteiger partial charge in [-0.25, -0.2) is 4.72 Å². The highest BCUT2D eigenvalue weighted by atomic mass is 32.2. The van der Waals surface area contributed by atoms with E-state index in [4.69, 9.17) is 5.73 Å². The van der Waals surface area contributed by atoms with Gasteiger partial charge in [-0.3, -0.25) is 0 Å². The molecule has 0 atom stereocenters. The van der Waals surface area contributed by atoms with Gasteiger partial charge in [0.15, 0.2) is 0 Å². The quantitative estimate of drug-likeness (QED) is 0.635. The van der Waals surface area contributed by atoms with E-state index in [0.717, 1.165) is 11.1 Å². The van der Waals surface area contributed by atoms with Crippen molar-refractivity contribution in [1.82, 2.24) is 9.44 Å². The first-order valence-corrected chi connectivity index (χ1v) is 6.52. The molecule has 0 fully saturated rings. The van der Waals surface area contributed by atoms with Crippen LogP contribution in [0.15, 0.2) is 24.3 Å². The Morgan fingerprint density at radius 2 is 2.06 bits per heavy atom. The van der Waals surface area contributed by atoms with E-state index < -0.39 is 10.2 Å². The van der Waals surface area contributed by atoms with Crippen molar-refractivity contribution in [3.05, 3.63) is 35.4 Å². The minimum atomic E-state index is -3.43. The van der Waals surface area contributed by atoms with Crippen molar-refractivity contribution in [3.8, 4) is 11.8 Å². The standard InChI is InChI=1S/C11H15N3O2S/c1-13-17(15,16)14-9-11-6-3-2-5-10(11)7-4-8-12/h2-3,5-6,13-14H,8-9,12H2,1H3. The molecule has 0 aliphatic rings. The summed E-state index contributed by atoms with van der Waals surface area (Å²) >= 11 is 0. The van der Waals surface area contributed by atoms with Gasteiger partial charge in [0.1, 0.15) is 0 Å². The molecule has 0 aromatic heterocycles. The summed E-state index contributed by atoms with van der Waals surface area (Å²) in [5, 5.41) is 0. The van der Waals surface area contributed by atoms with Gasteiger partial charge in [-0.1, -0.05) is 30.0 Å². The Hall–Kier alpha value is -1.39. The Morgan fingerprint density at radius 1 is 1.35 bits per heavy atom. The van der Waals surface area contributed by atoms with Crippen molar-refractivity contribution >= 4 is 10.2 Å². The minimum absolute atomic E-state index is 0.193. The second kappa shape index (κ2) is 6.37. The molecule has 17 heavy (non-hydrogen) atoms. The van der Waals surface area contributed by atoms with Crippen molar-refractivity contribution in [2.75, 3.05) is 13.6 Å². The van der Waals surface area contributed by atoms with Crippen LogP contribution in [-0.4, -0.2) is 22.0 Å². The van der Waals surface area contributed by atoms with Crippen LogP contribution in [0.3, 0.4) is 0 Å². The van der Waals surface area contributed by atoms with Gasteiger partial charge in [0.2, 0.25) is 0 Å². The van der Waals surface area contributed by atoms with E-state index in [2.05, 4.69) is 21.3 Å². The summed E-state index contributed by atoms with van der Waals surface area (Å²) in [5.74, 6) is 5.64. The summed E-state index contributed by atoms with van der Waals surface area (Å²) < 4.78 is 27.0. The van der Waals surface area contributed by atoms with Crippen LogP contribution in [-0.2, 0) is 16.8 Å². The predicted molar refractivity (Wildman–Crippen MR) is 67.2 cm³/mol. The molecule has 0 amide bonds. The van der Waals surface area contributed by atoms with Gasteiger partial charge in [0.25, 0.3) is 10.2 Å². The number of rotatable bonds is 4. The second-order valence-electron chi connectivity index (χ2n) is 3.19. The summed E-state index contributed by atoms with van der Waals surface area (Å²) in [6.45, 7) is 0.467. The third-order valence-corrected chi connectivity index (χ3v) is 3.13. The fourth-order valence-electron chi connectivity index (χ4n) is 1.19. The van der Waals surface area contributed by atoms with Crippen molar-refractivity contribution in [2.45, 2.75) is 6.54 Å². The van der Waals surface area contributed by atoms with Crippen molar-refractivity contribution in [2.24, 2.45) is 5.73 Å². The van der Waals surface area contributed by atoms with E-state index >= 15 is 0 Å². The Labute approximate surface area is 102 Å². The van der Waals surface area contributed by atoms with Gasteiger partial charge in [0, 0.05) is 19.2 Å². The number of hydrogen-bond acceptors (Lipinski definition) is 3. The lowest BCUT2D eigenvalue weighted by molar-refractivity contribution is 0.573. The molecule has 1 rings (SSSR count). The number of nitrogens with one attached hydrogen (secondary N) is 2. The molecule has 0 bridgehead atoms. The van der Waals surface area contributed by atoms with Gasteiger partial charge in [-0.15, -0.1) is 0 Å². The number of benzene rings is 1. The van der Waals surface area contributed by atoms with Crippen LogP contribution in [0.25, 0.3) is 0 Å². The maximum absolute atomic E-state index is 11.2. The third-order valence-electron chi connectivity index (χ3n) is 2.06. The van der Waals surface area contributed by atoms with Crippen LogP contribution in [0.1, 0.15) is 11.1 Å². The molecule has 0 aliphatic carbocycles. The zero-order valence-corrected chi connectivity index (χ0v) is 10.3. The molecule has 0 heterocycles. The Balaban J connectivity index is 2.84. The summed E-state index contributed by atoms with van der Waals surface area (Å²) in [6.07, 6.45) is 0. The van der Waals surface area contributed by atoms with Crippen LogP contribution in [0, 0.1) is 11.8 Å². The van der Waals surface area contributed by atoms with Gasteiger partial charge in [-0.2, -0.15) is 13.1 Å². The van der Waals surface area contributed by atoms with E-state index in [0.29, 0.717) is 0 Å². The summed E-state index contributed by atoms with van der Waals surface area (Å²) in [7, 11) is -2.08. The smallest absolute Gasteiger partial charge is 0.276 e. The first-order chi connectivity index (χ1) is 8.09. The lowest BCUT2D eigenvalue weighted by Crippen LogP contribution is -2.33. The SMILES string of the molecule is CNS(=O)(=O)NCc1ccccc1C#CCN. The lowest BCUT2D eigenvalue weighted by atomic mass is 10.1. The summed E-state index contributed by atoms with van der Waals surface area (Å²) in [4.78, 5) is 0. The zero-order chi connectivity index (χ0) is 12.7. The second-order valence-corrected chi connectivity index (χ2v) is 4.90. The Bertz CT molecular complexity index is 529. The molecule has 1 aromatic carbocycles. The molecule has 92 valence electrons. The molecule has 5 nitrogen and oxygen atoms in total. The van der Waals surface area contributed by atoms with Gasteiger partial charge in [0.05, 0.1) is 6.54 Å². The topological polar surface area (TPSA) is 84.2 Å². The zero-order valence-electron chi connectivity index (χ0n) is 9.53. The van der Waals surface area contributed by atoms with Gasteiger partial charge < -0.3 is 5.73 Å². The first kappa shape index (κ1) is 13.7. The van der Waals surface area contributed by atoms with E-state index in [1.807, 2.05) is 24.3 Å².